The predicted octanol–water partition coefficient (Wildman–Crippen LogP) is -4.34. The molecule has 0 aromatic carbocycles. The predicted molar refractivity (Wildman–Crippen MR) is 36.4 cm³/mol. The van der Waals surface area contributed by atoms with Gasteiger partial charge in [-0.15, -0.1) is 0 Å². The SMILES string of the molecule is O=[Si]([O-])F.O=[Si]([O-])F.O=[Si]([O-])F.[Al+3].[Ca+2].[H-].[H-]. The van der Waals surface area contributed by atoms with Crippen molar-refractivity contribution in [1.82, 2.24) is 0 Å². The molecule has 0 aromatic heterocycles. The third-order valence-electron chi connectivity index (χ3n) is 0. The van der Waals surface area contributed by atoms with Crippen LogP contribution in [0.1, 0.15) is 2.85 Å². The minimum absolute atomic E-state index is 0. The third-order valence-corrected chi connectivity index (χ3v) is 0. The summed E-state index contributed by atoms with van der Waals surface area (Å²) in [5.41, 5.74) is 0. The Kier molecular flexibility index (Phi) is 49.7. The van der Waals surface area contributed by atoms with Crippen LogP contribution in [0.3, 0.4) is 0 Å². The third kappa shape index (κ3) is 1770. The first-order valence-corrected chi connectivity index (χ1v) is 5.38. The van der Waals surface area contributed by atoms with E-state index in [-0.39, 0.29) is 58.0 Å². The van der Waals surface area contributed by atoms with E-state index < -0.39 is 27.8 Å². The van der Waals surface area contributed by atoms with Crippen LogP contribution in [0.25, 0.3) is 0 Å². The molecule has 0 amide bonds. The van der Waals surface area contributed by atoms with Gasteiger partial charge in [-0.1, -0.05) is 0 Å². The van der Waals surface area contributed by atoms with E-state index in [1.54, 1.807) is 0 Å². The van der Waals surface area contributed by atoms with Gasteiger partial charge in [0.1, 0.15) is 0 Å². The molecule has 0 rings (SSSR count). The van der Waals surface area contributed by atoms with Gasteiger partial charge in [-0.05, 0) is 0 Å². The largest absolute Gasteiger partial charge is 3.00 e. The molecule has 76 valence electrons. The zero-order valence-corrected chi connectivity index (χ0v) is 12.7. The minimum atomic E-state index is -3.88. The quantitative estimate of drug-likeness (QED) is 0.329. The Morgan fingerprint density at radius 3 is 0.786 bits per heavy atom. The molecule has 0 saturated heterocycles. The number of hydrogen-bond donors (Lipinski definition) is 0. The van der Waals surface area contributed by atoms with Gasteiger partial charge >= 0.3 is 82.9 Å². The van der Waals surface area contributed by atoms with E-state index in [2.05, 4.69) is 0 Å². The topological polar surface area (TPSA) is 120 Å². The fourth-order valence-corrected chi connectivity index (χ4v) is 0. The number of rotatable bonds is 0. The van der Waals surface area contributed by atoms with Crippen molar-refractivity contribution < 1.29 is 42.9 Å². The minimum Gasteiger partial charge on any atom is -1.00 e. The summed E-state index contributed by atoms with van der Waals surface area (Å²) in [5, 5.41) is 0. The first-order chi connectivity index (χ1) is 5.20. The van der Waals surface area contributed by atoms with Crippen molar-refractivity contribution in [3.8, 4) is 0 Å². The standard InChI is InChI=1S/Al.Ca.3FO2Si.2H/c;;3*1-4(2)3;;/q+3;+2;5*-1. The summed E-state index contributed by atoms with van der Waals surface area (Å²) in [6.07, 6.45) is 0. The van der Waals surface area contributed by atoms with Crippen LogP contribution in [0.5, 0.6) is 0 Å². The van der Waals surface area contributed by atoms with Crippen molar-refractivity contribution in [2.45, 2.75) is 0 Å². The maximum Gasteiger partial charge on any atom is 3.00 e. The van der Waals surface area contributed by atoms with Crippen LogP contribution in [-0.4, -0.2) is 82.9 Å². The summed E-state index contributed by atoms with van der Waals surface area (Å²) in [4.78, 5) is 25.2. The van der Waals surface area contributed by atoms with Gasteiger partial charge in [-0.3, -0.25) is 12.3 Å². The van der Waals surface area contributed by atoms with Gasteiger partial charge in [0.2, 0.25) is 0 Å². The van der Waals surface area contributed by atoms with Gasteiger partial charge in [0.05, 0.1) is 0 Å². The molecule has 6 nitrogen and oxygen atoms in total. The molecule has 0 atom stereocenters. The maximum absolute atomic E-state index is 9.99. The Morgan fingerprint density at radius 1 is 0.786 bits per heavy atom. The van der Waals surface area contributed by atoms with Crippen LogP contribution in [0.4, 0.5) is 12.3 Å². The van der Waals surface area contributed by atoms with Crippen molar-refractivity contribution in [2.24, 2.45) is 0 Å². The Morgan fingerprint density at radius 2 is 0.786 bits per heavy atom. The Bertz CT molecular complexity index is 135. The van der Waals surface area contributed by atoms with Crippen molar-refractivity contribution in [3.05, 3.63) is 0 Å². The zero-order chi connectivity index (χ0) is 10.7. The summed E-state index contributed by atoms with van der Waals surface area (Å²) in [5.74, 6) is 0. The number of halogens is 3. The molecule has 0 saturated carbocycles. The fraction of sp³-hybridized carbons (Fsp3) is 0. The molecular weight excluding hydrogens is 304 g/mol. The second-order valence-electron chi connectivity index (χ2n) is 0.713. The first-order valence-electron chi connectivity index (χ1n) is 1.79. The molecule has 0 spiro atoms. The molecule has 0 aromatic rings. The normalized spacial score (nSPS) is 5.36. The molecule has 0 radical (unpaired) electrons. The Hall–Kier alpha value is 1.03. The smallest absolute Gasteiger partial charge is 1.00 e. The van der Waals surface area contributed by atoms with Crippen LogP contribution in [0.2, 0.25) is 0 Å². The van der Waals surface area contributed by atoms with Gasteiger partial charge in [0.15, 0.2) is 0 Å². The van der Waals surface area contributed by atoms with Crippen LogP contribution in [0.15, 0.2) is 0 Å². The van der Waals surface area contributed by atoms with Crippen LogP contribution < -0.4 is 14.4 Å². The second kappa shape index (κ2) is 23.7. The van der Waals surface area contributed by atoms with E-state index >= 15 is 0 Å². The van der Waals surface area contributed by atoms with E-state index in [1.165, 1.54) is 0 Å². The number of hydrogen-bond acceptors (Lipinski definition) is 6. The molecule has 0 aliphatic carbocycles. The molecule has 0 aliphatic heterocycles. The van der Waals surface area contributed by atoms with E-state index in [4.69, 9.17) is 27.8 Å². The van der Waals surface area contributed by atoms with Crippen LogP contribution in [-0.2, 0) is 13.4 Å². The monoisotopic (exact) mass is 306 g/mol. The average Bonchev–Trinajstić information content (AvgIpc) is 1.54. The molecule has 14 heavy (non-hydrogen) atoms. The van der Waals surface area contributed by atoms with Crippen molar-refractivity contribution in [2.75, 3.05) is 0 Å². The molecule has 14 heteroatoms. The van der Waals surface area contributed by atoms with Gasteiger partial charge in [-0.2, -0.15) is 0 Å². The Labute approximate surface area is 125 Å². The van der Waals surface area contributed by atoms with Gasteiger partial charge in [0.25, 0.3) is 0 Å². The van der Waals surface area contributed by atoms with E-state index in [0.29, 0.717) is 0 Å². The first kappa shape index (κ1) is 29.4. The van der Waals surface area contributed by atoms with E-state index in [9.17, 15) is 12.3 Å². The molecular formula is H2AlCaF3O6Si3. The van der Waals surface area contributed by atoms with Gasteiger partial charge in [-0.25, -0.2) is 0 Å². The summed E-state index contributed by atoms with van der Waals surface area (Å²) in [7, 11) is -11.6. The molecule has 0 fully saturated rings. The summed E-state index contributed by atoms with van der Waals surface area (Å²) >= 11 is 0. The van der Waals surface area contributed by atoms with Crippen molar-refractivity contribution in [1.29, 1.82) is 0 Å². The van der Waals surface area contributed by atoms with E-state index in [0.717, 1.165) is 0 Å². The van der Waals surface area contributed by atoms with Crippen LogP contribution in [0, 0.1) is 0 Å². The molecule has 0 heterocycles. The second-order valence-corrected chi connectivity index (χ2v) is 2.14. The van der Waals surface area contributed by atoms with Crippen molar-refractivity contribution >= 4 is 82.9 Å². The zero-order valence-electron chi connectivity index (χ0n) is 8.37. The molecule has 0 unspecified atom stereocenters. The van der Waals surface area contributed by atoms with Crippen LogP contribution >= 0.6 is 0 Å². The van der Waals surface area contributed by atoms with Gasteiger partial charge < -0.3 is 30.6 Å². The summed E-state index contributed by atoms with van der Waals surface area (Å²) in [6, 6.07) is 0. The fourth-order valence-electron chi connectivity index (χ4n) is 0. The average molecular weight is 306 g/mol. The molecule has 0 aliphatic rings. The summed E-state index contributed by atoms with van der Waals surface area (Å²) in [6.45, 7) is 0. The molecule has 0 N–H and O–H groups in total. The summed E-state index contributed by atoms with van der Waals surface area (Å²) < 4.78 is 55.2. The van der Waals surface area contributed by atoms with E-state index in [1.807, 2.05) is 0 Å². The Balaban J connectivity index is -0.0000000135. The van der Waals surface area contributed by atoms with Crippen molar-refractivity contribution in [3.63, 3.8) is 0 Å². The maximum atomic E-state index is 9.99. The van der Waals surface area contributed by atoms with Gasteiger partial charge in [0, 0.05) is 0 Å². The molecule has 0 bridgehead atoms.